The van der Waals surface area contributed by atoms with E-state index in [9.17, 15) is 14.4 Å². The summed E-state index contributed by atoms with van der Waals surface area (Å²) in [5.41, 5.74) is 11.0. The van der Waals surface area contributed by atoms with Gasteiger partial charge in [-0.05, 0) is 48.4 Å². The first-order valence-electron chi connectivity index (χ1n) is 10.6. The van der Waals surface area contributed by atoms with Crippen molar-refractivity contribution in [2.24, 2.45) is 0 Å². The average Bonchev–Trinajstić information content (AvgIpc) is 3.13. The quantitative estimate of drug-likeness (QED) is 0.285. The van der Waals surface area contributed by atoms with Crippen LogP contribution in [0.1, 0.15) is 30.2 Å². The maximum atomic E-state index is 12.6. The second kappa shape index (κ2) is 11.4. The van der Waals surface area contributed by atoms with Gasteiger partial charge in [-0.25, -0.2) is 14.5 Å². The van der Waals surface area contributed by atoms with E-state index in [2.05, 4.69) is 21.7 Å². The van der Waals surface area contributed by atoms with Crippen molar-refractivity contribution >= 4 is 46.3 Å². The molecule has 0 atom stereocenters. The van der Waals surface area contributed by atoms with Gasteiger partial charge in [0.25, 0.3) is 0 Å². The van der Waals surface area contributed by atoms with Crippen LogP contribution in [-0.2, 0) is 17.8 Å². The number of carboxylic acid groups (broad SMARTS) is 1. The molecule has 11 heteroatoms. The third-order valence-corrected chi connectivity index (χ3v) is 5.38. The second-order valence-corrected chi connectivity index (χ2v) is 7.91. The number of hydrogen-bond acceptors (Lipinski definition) is 6. The number of furan rings is 1. The number of fused-ring (bicyclic) bond motifs is 1. The number of carbonyl (C=O) groups is 3. The molecule has 1 aromatic heterocycles. The van der Waals surface area contributed by atoms with E-state index in [1.807, 2.05) is 26.0 Å². The highest BCUT2D eigenvalue weighted by molar-refractivity contribution is 6.30. The third-order valence-electron chi connectivity index (χ3n) is 5.13. The van der Waals surface area contributed by atoms with E-state index in [4.69, 9.17) is 21.1 Å². The number of nitrogens with zero attached hydrogens (tertiary/aromatic N) is 1. The average molecular weight is 488 g/mol. The molecule has 3 aromatic rings. The molecule has 10 nitrogen and oxygen atoms in total. The minimum atomic E-state index is -1.13. The second-order valence-electron chi connectivity index (χ2n) is 7.48. The molecule has 0 saturated carbocycles. The molecule has 3 rings (SSSR count). The minimum absolute atomic E-state index is 0.141. The molecular formula is C23H26ClN5O5. The van der Waals surface area contributed by atoms with Crippen LogP contribution in [0.2, 0.25) is 5.02 Å². The number of halogens is 1. The molecule has 34 heavy (non-hydrogen) atoms. The number of benzene rings is 2. The highest BCUT2D eigenvalue weighted by Gasteiger charge is 2.22. The van der Waals surface area contributed by atoms with E-state index in [1.165, 1.54) is 0 Å². The van der Waals surface area contributed by atoms with Gasteiger partial charge < -0.3 is 20.3 Å². The zero-order chi connectivity index (χ0) is 24.7. The number of nitrogens with one attached hydrogen (secondary N) is 4. The molecule has 0 bridgehead atoms. The fraction of sp³-hybridized carbons (Fsp3) is 0.261. The number of carboxylic acids is 1. The van der Waals surface area contributed by atoms with Crippen LogP contribution in [0, 0.1) is 6.92 Å². The minimum Gasteiger partial charge on any atom is -0.481 e. The van der Waals surface area contributed by atoms with Crippen molar-refractivity contribution in [1.29, 1.82) is 0 Å². The van der Waals surface area contributed by atoms with E-state index in [-0.39, 0.29) is 13.1 Å². The molecule has 2 aromatic carbocycles. The molecule has 0 radical (unpaired) electrons. The lowest BCUT2D eigenvalue weighted by Crippen LogP contribution is -2.53. The van der Waals surface area contributed by atoms with Crippen molar-refractivity contribution in [3.63, 3.8) is 0 Å². The number of amides is 4. The first-order valence-corrected chi connectivity index (χ1v) is 11.0. The Balaban J connectivity index is 1.59. The van der Waals surface area contributed by atoms with Gasteiger partial charge in [0.2, 0.25) is 0 Å². The summed E-state index contributed by atoms with van der Waals surface area (Å²) in [6.07, 6.45) is 0.384. The number of carbonyl (C=O) groups excluding carboxylic acids is 2. The molecule has 0 aliphatic rings. The number of aliphatic carboxylic acids is 1. The molecule has 0 unspecified atom stereocenters. The van der Waals surface area contributed by atoms with Crippen LogP contribution >= 0.6 is 11.6 Å². The topological polar surface area (TPSA) is 136 Å². The fourth-order valence-corrected chi connectivity index (χ4v) is 3.42. The van der Waals surface area contributed by atoms with Crippen molar-refractivity contribution in [3.05, 3.63) is 64.4 Å². The molecule has 0 saturated heterocycles. The first-order chi connectivity index (χ1) is 16.3. The van der Waals surface area contributed by atoms with Crippen molar-refractivity contribution in [3.8, 4) is 0 Å². The standard InChI is InChI=1S/C23H26ClN5O5/c1-3-19-14(2)18-12-17(8-9-20(18)34-19)26-28-27-23(33)29(11-10-21(30)31)22(32)25-13-15-4-6-16(24)7-5-15/h4-9,12,26,28H,3,10-11,13H2,1-2H3,(H,25,32)(H,27,33)(H,30,31). The van der Waals surface area contributed by atoms with Crippen LogP contribution in [0.25, 0.3) is 11.0 Å². The highest BCUT2D eigenvalue weighted by atomic mass is 35.5. The van der Waals surface area contributed by atoms with Gasteiger partial charge in [0.1, 0.15) is 11.3 Å². The van der Waals surface area contributed by atoms with Crippen LogP contribution < -0.4 is 21.7 Å². The predicted octanol–water partition coefficient (Wildman–Crippen LogP) is 4.18. The third kappa shape index (κ3) is 6.40. The first kappa shape index (κ1) is 24.9. The summed E-state index contributed by atoms with van der Waals surface area (Å²) in [6.45, 7) is 3.83. The Hall–Kier alpha value is -3.76. The summed E-state index contributed by atoms with van der Waals surface area (Å²) in [7, 11) is 0. The summed E-state index contributed by atoms with van der Waals surface area (Å²) in [6, 6.07) is 10.7. The Morgan fingerprint density at radius 3 is 2.50 bits per heavy atom. The number of anilines is 1. The zero-order valence-corrected chi connectivity index (χ0v) is 19.5. The molecule has 1 heterocycles. The van der Waals surface area contributed by atoms with Crippen molar-refractivity contribution in [2.75, 3.05) is 12.0 Å². The smallest absolute Gasteiger partial charge is 0.341 e. The Morgan fingerprint density at radius 2 is 1.82 bits per heavy atom. The molecule has 0 aliphatic carbocycles. The van der Waals surface area contributed by atoms with Crippen LogP contribution in [-0.4, -0.2) is 34.6 Å². The predicted molar refractivity (Wildman–Crippen MR) is 128 cm³/mol. The van der Waals surface area contributed by atoms with Gasteiger partial charge in [-0.2, -0.15) is 0 Å². The summed E-state index contributed by atoms with van der Waals surface area (Å²) >= 11 is 5.85. The van der Waals surface area contributed by atoms with E-state index in [0.29, 0.717) is 10.7 Å². The van der Waals surface area contributed by atoms with Gasteiger partial charge in [-0.15, -0.1) is 5.53 Å². The maximum Gasteiger partial charge on any atom is 0.341 e. The Kier molecular flexibility index (Phi) is 8.34. The van der Waals surface area contributed by atoms with Gasteiger partial charge in [-0.3, -0.25) is 10.2 Å². The van der Waals surface area contributed by atoms with Crippen LogP contribution in [0.3, 0.4) is 0 Å². The van der Waals surface area contributed by atoms with Gasteiger partial charge in [0.15, 0.2) is 0 Å². The molecule has 0 spiro atoms. The largest absolute Gasteiger partial charge is 0.481 e. The van der Waals surface area contributed by atoms with Crippen LogP contribution in [0.4, 0.5) is 15.3 Å². The van der Waals surface area contributed by atoms with Gasteiger partial charge in [-0.1, -0.05) is 30.7 Å². The number of hydrogen-bond donors (Lipinski definition) is 5. The zero-order valence-electron chi connectivity index (χ0n) is 18.8. The van der Waals surface area contributed by atoms with Gasteiger partial charge >= 0.3 is 18.0 Å². The van der Waals surface area contributed by atoms with Crippen molar-refractivity contribution in [1.82, 2.24) is 21.2 Å². The number of imide groups is 1. The lowest BCUT2D eigenvalue weighted by atomic mass is 10.1. The summed E-state index contributed by atoms with van der Waals surface area (Å²) in [5, 5.41) is 13.1. The molecule has 0 aliphatic heterocycles. The Labute approximate surface area is 201 Å². The maximum absolute atomic E-state index is 12.6. The van der Waals surface area contributed by atoms with E-state index in [1.54, 1.807) is 30.3 Å². The summed E-state index contributed by atoms with van der Waals surface area (Å²) < 4.78 is 5.79. The SMILES string of the molecule is CCc1oc2ccc(NNNC(=O)N(CCC(=O)O)C(=O)NCc3ccc(Cl)cc3)cc2c1C. The molecule has 0 fully saturated rings. The van der Waals surface area contributed by atoms with Gasteiger partial charge in [0.05, 0.1) is 12.1 Å². The Morgan fingerprint density at radius 1 is 1.09 bits per heavy atom. The van der Waals surface area contributed by atoms with E-state index >= 15 is 0 Å². The normalized spacial score (nSPS) is 10.7. The van der Waals surface area contributed by atoms with E-state index in [0.717, 1.165) is 39.2 Å². The molecule has 180 valence electrons. The fourth-order valence-electron chi connectivity index (χ4n) is 3.29. The monoisotopic (exact) mass is 487 g/mol. The van der Waals surface area contributed by atoms with Crippen molar-refractivity contribution < 1.29 is 23.9 Å². The molecule has 5 N–H and O–H groups in total. The molecular weight excluding hydrogens is 462 g/mol. The van der Waals surface area contributed by atoms with Crippen LogP contribution in [0.5, 0.6) is 0 Å². The number of rotatable bonds is 9. The van der Waals surface area contributed by atoms with Crippen LogP contribution in [0.15, 0.2) is 46.9 Å². The number of hydrazine groups is 2. The summed E-state index contributed by atoms with van der Waals surface area (Å²) in [5.74, 6) is -0.225. The van der Waals surface area contributed by atoms with Gasteiger partial charge in [0, 0.05) is 29.9 Å². The molecule has 4 amide bonds. The lowest BCUT2D eigenvalue weighted by Gasteiger charge is -2.21. The Bertz CT molecular complexity index is 1180. The van der Waals surface area contributed by atoms with Crippen molar-refractivity contribution in [2.45, 2.75) is 33.2 Å². The lowest BCUT2D eigenvalue weighted by molar-refractivity contribution is -0.137. The number of urea groups is 2. The van der Waals surface area contributed by atoms with E-state index < -0.39 is 24.5 Å². The number of aryl methyl sites for hydroxylation is 2. The highest BCUT2D eigenvalue weighted by Crippen LogP contribution is 2.27. The summed E-state index contributed by atoms with van der Waals surface area (Å²) in [4.78, 5) is 36.9.